The second-order valence-corrected chi connectivity index (χ2v) is 4.77. The summed E-state index contributed by atoms with van der Waals surface area (Å²) in [7, 11) is 0. The molecule has 2 aromatic rings. The monoisotopic (exact) mass is 247 g/mol. The van der Waals surface area contributed by atoms with Crippen molar-refractivity contribution in [1.82, 2.24) is 5.32 Å². The van der Waals surface area contributed by atoms with Gasteiger partial charge in [0.25, 0.3) is 0 Å². The van der Waals surface area contributed by atoms with Gasteiger partial charge in [0.1, 0.15) is 11.3 Å². The summed E-state index contributed by atoms with van der Waals surface area (Å²) in [5.74, 6) is 0.985. The molecule has 0 aliphatic heterocycles. The molecule has 1 aromatic heterocycles. The van der Waals surface area contributed by atoms with Crippen LogP contribution in [0.25, 0.3) is 11.0 Å². The number of nitrogens with one attached hydrogen (secondary N) is 1. The molecule has 0 amide bonds. The number of aliphatic hydroxyl groups is 1. The third kappa shape index (κ3) is 2.42. The molecule has 2 N–H and O–H groups in total. The summed E-state index contributed by atoms with van der Waals surface area (Å²) < 4.78 is 5.95. The highest BCUT2D eigenvalue weighted by Gasteiger charge is 2.18. The molecule has 3 nitrogen and oxygen atoms in total. The number of hydrogen-bond donors (Lipinski definition) is 2. The molecule has 0 radical (unpaired) electrons. The molecular weight excluding hydrogens is 226 g/mol. The van der Waals surface area contributed by atoms with Gasteiger partial charge in [-0.05, 0) is 26.3 Å². The van der Waals surface area contributed by atoms with Crippen LogP contribution in [0.1, 0.15) is 38.1 Å². The van der Waals surface area contributed by atoms with Gasteiger partial charge in [-0.1, -0.05) is 25.1 Å². The van der Waals surface area contributed by atoms with E-state index in [1.54, 1.807) is 0 Å². The first-order chi connectivity index (χ1) is 8.67. The van der Waals surface area contributed by atoms with Gasteiger partial charge in [-0.15, -0.1) is 0 Å². The smallest absolute Gasteiger partial charge is 0.134 e. The van der Waals surface area contributed by atoms with E-state index < -0.39 is 0 Å². The molecule has 2 atom stereocenters. The fourth-order valence-electron chi connectivity index (χ4n) is 2.39. The lowest BCUT2D eigenvalue weighted by Gasteiger charge is -2.17. The van der Waals surface area contributed by atoms with Gasteiger partial charge in [-0.25, -0.2) is 0 Å². The highest BCUT2D eigenvalue weighted by molar-refractivity contribution is 5.82. The molecule has 98 valence electrons. The summed E-state index contributed by atoms with van der Waals surface area (Å²) in [5.41, 5.74) is 2.20. The van der Waals surface area contributed by atoms with Crippen molar-refractivity contribution in [1.29, 1.82) is 0 Å². The van der Waals surface area contributed by atoms with Crippen LogP contribution in [-0.4, -0.2) is 17.8 Å². The highest BCUT2D eigenvalue weighted by Crippen LogP contribution is 2.30. The topological polar surface area (TPSA) is 45.4 Å². The zero-order valence-corrected chi connectivity index (χ0v) is 11.2. The lowest BCUT2D eigenvalue weighted by atomic mass is 10.0. The molecule has 3 heteroatoms. The maximum absolute atomic E-state index is 9.10. The molecule has 0 spiro atoms. The molecule has 1 unspecified atom stereocenters. The van der Waals surface area contributed by atoms with Crippen LogP contribution in [0.2, 0.25) is 0 Å². The van der Waals surface area contributed by atoms with Crippen molar-refractivity contribution in [3.63, 3.8) is 0 Å². The standard InChI is InChI=1S/C15H21NO2/c1-4-12-13-7-5-6-8-14(13)18-15(12)11(3)16-10(2)9-17/h5-8,10-11,16-17H,4,9H2,1-3H3/t10-,11?/m1/s1. The SMILES string of the molecule is CCc1c(C(C)N[C@H](C)CO)oc2ccccc12. The van der Waals surface area contributed by atoms with Crippen molar-refractivity contribution in [3.8, 4) is 0 Å². The average molecular weight is 247 g/mol. The molecule has 18 heavy (non-hydrogen) atoms. The van der Waals surface area contributed by atoms with E-state index in [0.717, 1.165) is 17.8 Å². The third-order valence-corrected chi connectivity index (χ3v) is 3.28. The van der Waals surface area contributed by atoms with Gasteiger partial charge < -0.3 is 14.8 Å². The summed E-state index contributed by atoms with van der Waals surface area (Å²) in [6, 6.07) is 8.30. The van der Waals surface area contributed by atoms with Crippen LogP contribution in [0.15, 0.2) is 28.7 Å². The van der Waals surface area contributed by atoms with Crippen LogP contribution in [0.3, 0.4) is 0 Å². The third-order valence-electron chi connectivity index (χ3n) is 3.28. The zero-order valence-electron chi connectivity index (χ0n) is 11.2. The highest BCUT2D eigenvalue weighted by atomic mass is 16.3. The van der Waals surface area contributed by atoms with Crippen LogP contribution >= 0.6 is 0 Å². The largest absolute Gasteiger partial charge is 0.459 e. The number of benzene rings is 1. The molecule has 0 fully saturated rings. The maximum Gasteiger partial charge on any atom is 0.134 e. The first-order valence-electron chi connectivity index (χ1n) is 6.54. The van der Waals surface area contributed by atoms with Gasteiger partial charge in [0.05, 0.1) is 12.6 Å². The van der Waals surface area contributed by atoms with Crippen LogP contribution in [-0.2, 0) is 6.42 Å². The maximum atomic E-state index is 9.10. The van der Waals surface area contributed by atoms with Crippen molar-refractivity contribution < 1.29 is 9.52 Å². The van der Waals surface area contributed by atoms with E-state index >= 15 is 0 Å². The quantitative estimate of drug-likeness (QED) is 0.853. The summed E-state index contributed by atoms with van der Waals surface area (Å²) in [4.78, 5) is 0. The molecule has 2 rings (SSSR count). The fourth-order valence-corrected chi connectivity index (χ4v) is 2.39. The Balaban J connectivity index is 2.37. The minimum Gasteiger partial charge on any atom is -0.459 e. The first kappa shape index (κ1) is 13.1. The Morgan fingerprint density at radius 1 is 1.28 bits per heavy atom. The zero-order chi connectivity index (χ0) is 13.1. The molecule has 1 heterocycles. The molecule has 0 aliphatic carbocycles. The van der Waals surface area contributed by atoms with E-state index in [0.29, 0.717) is 0 Å². The van der Waals surface area contributed by atoms with E-state index in [-0.39, 0.29) is 18.7 Å². The normalized spacial score (nSPS) is 14.9. The first-order valence-corrected chi connectivity index (χ1v) is 6.54. The van der Waals surface area contributed by atoms with Crippen LogP contribution in [0.4, 0.5) is 0 Å². The summed E-state index contributed by atoms with van der Waals surface area (Å²) in [6.07, 6.45) is 0.950. The second-order valence-electron chi connectivity index (χ2n) is 4.77. The lowest BCUT2D eigenvalue weighted by molar-refractivity contribution is 0.238. The lowest BCUT2D eigenvalue weighted by Crippen LogP contribution is -2.31. The Morgan fingerprint density at radius 3 is 2.67 bits per heavy atom. The number of furan rings is 1. The Bertz CT molecular complexity index is 518. The number of aryl methyl sites for hydroxylation is 1. The van der Waals surface area contributed by atoms with Crippen LogP contribution < -0.4 is 5.32 Å². The van der Waals surface area contributed by atoms with Crippen molar-refractivity contribution >= 4 is 11.0 Å². The summed E-state index contributed by atoms with van der Waals surface area (Å²) >= 11 is 0. The van der Waals surface area contributed by atoms with Crippen LogP contribution in [0, 0.1) is 0 Å². The van der Waals surface area contributed by atoms with Gasteiger partial charge in [0.2, 0.25) is 0 Å². The van der Waals surface area contributed by atoms with E-state index in [1.807, 2.05) is 25.1 Å². The van der Waals surface area contributed by atoms with Gasteiger partial charge in [0.15, 0.2) is 0 Å². The van der Waals surface area contributed by atoms with Gasteiger partial charge in [0, 0.05) is 17.0 Å². The minimum atomic E-state index is 0.0675. The predicted octanol–water partition coefficient (Wildman–Crippen LogP) is 3.03. The van der Waals surface area contributed by atoms with Crippen molar-refractivity contribution in [2.75, 3.05) is 6.61 Å². The molecule has 0 saturated heterocycles. The molecule has 0 aliphatic rings. The predicted molar refractivity (Wildman–Crippen MR) is 73.7 cm³/mol. The molecule has 1 aromatic carbocycles. The Hall–Kier alpha value is -1.32. The van der Waals surface area contributed by atoms with E-state index in [4.69, 9.17) is 9.52 Å². The number of rotatable bonds is 5. The summed E-state index contributed by atoms with van der Waals surface area (Å²) in [6.45, 7) is 6.31. The van der Waals surface area contributed by atoms with Gasteiger partial charge >= 0.3 is 0 Å². The van der Waals surface area contributed by atoms with E-state index in [1.165, 1.54) is 10.9 Å². The number of hydrogen-bond acceptors (Lipinski definition) is 3. The second kappa shape index (κ2) is 5.55. The Morgan fingerprint density at radius 2 is 2.00 bits per heavy atom. The van der Waals surface area contributed by atoms with E-state index in [2.05, 4.69) is 25.2 Å². The van der Waals surface area contributed by atoms with Gasteiger partial charge in [-0.3, -0.25) is 0 Å². The molecule has 0 bridgehead atoms. The van der Waals surface area contributed by atoms with E-state index in [9.17, 15) is 0 Å². The van der Waals surface area contributed by atoms with Crippen molar-refractivity contribution in [2.45, 2.75) is 39.3 Å². The Labute approximate surface area is 108 Å². The number of fused-ring (bicyclic) bond motifs is 1. The summed E-state index contributed by atoms with van der Waals surface area (Å²) in [5, 5.41) is 13.6. The molecule has 0 saturated carbocycles. The average Bonchev–Trinajstić information content (AvgIpc) is 2.77. The van der Waals surface area contributed by atoms with Crippen molar-refractivity contribution in [3.05, 3.63) is 35.6 Å². The van der Waals surface area contributed by atoms with Crippen LogP contribution in [0.5, 0.6) is 0 Å². The minimum absolute atomic E-state index is 0.0675. The van der Waals surface area contributed by atoms with Gasteiger partial charge in [-0.2, -0.15) is 0 Å². The fraction of sp³-hybridized carbons (Fsp3) is 0.467. The number of para-hydroxylation sites is 1. The van der Waals surface area contributed by atoms with Crippen molar-refractivity contribution in [2.24, 2.45) is 0 Å². The number of aliphatic hydroxyl groups excluding tert-OH is 1. The molecular formula is C15H21NO2. The Kier molecular flexibility index (Phi) is 4.04.